The van der Waals surface area contributed by atoms with E-state index in [-0.39, 0.29) is 11.4 Å². The summed E-state index contributed by atoms with van der Waals surface area (Å²) < 4.78 is 0. The molecule has 2 aliphatic rings. The van der Waals surface area contributed by atoms with Gasteiger partial charge in [-0.1, -0.05) is 30.3 Å². The molecule has 3 heteroatoms. The summed E-state index contributed by atoms with van der Waals surface area (Å²) in [4.78, 5) is 16.2. The largest absolute Gasteiger partial charge is 0.341 e. The zero-order valence-corrected chi connectivity index (χ0v) is 11.6. The van der Waals surface area contributed by atoms with E-state index in [9.17, 15) is 4.79 Å². The van der Waals surface area contributed by atoms with Crippen LogP contribution in [0.5, 0.6) is 0 Å². The van der Waals surface area contributed by atoms with Gasteiger partial charge in [0, 0.05) is 32.1 Å². The molecule has 0 aromatic heterocycles. The predicted molar refractivity (Wildman–Crippen MR) is 75.7 cm³/mol. The lowest BCUT2D eigenvalue weighted by molar-refractivity contribution is -0.128. The molecule has 3 rings (SSSR count). The zero-order valence-electron chi connectivity index (χ0n) is 11.6. The van der Waals surface area contributed by atoms with Crippen molar-refractivity contribution >= 4 is 5.91 Å². The van der Waals surface area contributed by atoms with Crippen LogP contribution in [0.2, 0.25) is 0 Å². The first-order valence-electron chi connectivity index (χ1n) is 7.24. The highest BCUT2D eigenvalue weighted by molar-refractivity contribution is 5.73. The molecule has 0 bridgehead atoms. The molecule has 1 spiro atoms. The first-order chi connectivity index (χ1) is 9.20. The van der Waals surface area contributed by atoms with E-state index in [1.165, 1.54) is 24.9 Å². The fourth-order valence-corrected chi connectivity index (χ4v) is 3.63. The molecule has 1 unspecified atom stereocenters. The van der Waals surface area contributed by atoms with Crippen LogP contribution in [0.15, 0.2) is 30.3 Å². The molecular weight excluding hydrogens is 236 g/mol. The first kappa shape index (κ1) is 12.7. The van der Waals surface area contributed by atoms with Crippen LogP contribution < -0.4 is 0 Å². The highest BCUT2D eigenvalue weighted by Gasteiger charge is 2.46. The van der Waals surface area contributed by atoms with E-state index < -0.39 is 0 Å². The second-order valence-corrected chi connectivity index (χ2v) is 5.93. The van der Waals surface area contributed by atoms with Crippen LogP contribution in [-0.2, 0) is 11.3 Å². The van der Waals surface area contributed by atoms with Gasteiger partial charge in [-0.05, 0) is 31.4 Å². The second-order valence-electron chi connectivity index (χ2n) is 5.93. The Bertz CT molecular complexity index is 459. The van der Waals surface area contributed by atoms with Crippen molar-refractivity contribution in [2.24, 2.45) is 0 Å². The molecule has 3 nitrogen and oxygen atoms in total. The Kier molecular flexibility index (Phi) is 3.31. The van der Waals surface area contributed by atoms with Crippen molar-refractivity contribution in [2.45, 2.75) is 38.3 Å². The number of rotatable bonds is 2. The van der Waals surface area contributed by atoms with Gasteiger partial charge in [-0.3, -0.25) is 9.69 Å². The van der Waals surface area contributed by atoms with Gasteiger partial charge in [-0.15, -0.1) is 0 Å². The maximum atomic E-state index is 11.6. The Labute approximate surface area is 115 Å². The third-order valence-electron chi connectivity index (χ3n) is 4.73. The summed E-state index contributed by atoms with van der Waals surface area (Å²) >= 11 is 0. The lowest BCUT2D eigenvalue weighted by Gasteiger charge is -2.35. The summed E-state index contributed by atoms with van der Waals surface area (Å²) in [5, 5.41) is 0. The fourth-order valence-electron chi connectivity index (χ4n) is 3.63. The topological polar surface area (TPSA) is 23.6 Å². The summed E-state index contributed by atoms with van der Waals surface area (Å²) in [5.41, 5.74) is 1.63. The number of carbonyl (C=O) groups is 1. The Morgan fingerprint density at radius 3 is 2.68 bits per heavy atom. The lowest BCUT2D eigenvalue weighted by Crippen LogP contribution is -2.46. The maximum absolute atomic E-state index is 11.6. The minimum Gasteiger partial charge on any atom is -0.341 e. The number of hydrogen-bond donors (Lipinski definition) is 0. The summed E-state index contributed by atoms with van der Waals surface area (Å²) in [5.74, 6) is 0.225. The average molecular weight is 258 g/mol. The Morgan fingerprint density at radius 1 is 1.21 bits per heavy atom. The fraction of sp³-hybridized carbons (Fsp3) is 0.562. The molecule has 2 heterocycles. The molecule has 0 radical (unpaired) electrons. The Hall–Kier alpha value is -1.35. The van der Waals surface area contributed by atoms with E-state index in [1.54, 1.807) is 6.92 Å². The molecular formula is C16H22N2O. The molecule has 0 N–H and O–H groups in total. The van der Waals surface area contributed by atoms with Crippen LogP contribution in [0, 0.1) is 0 Å². The molecule has 19 heavy (non-hydrogen) atoms. The molecule has 2 saturated heterocycles. The van der Waals surface area contributed by atoms with Gasteiger partial charge in [0.25, 0.3) is 0 Å². The van der Waals surface area contributed by atoms with Gasteiger partial charge in [0.05, 0.1) is 0 Å². The quantitative estimate of drug-likeness (QED) is 0.812. The molecule has 1 atom stereocenters. The monoisotopic (exact) mass is 258 g/mol. The van der Waals surface area contributed by atoms with E-state index in [0.29, 0.717) is 0 Å². The molecule has 0 aliphatic carbocycles. The molecule has 1 aromatic carbocycles. The van der Waals surface area contributed by atoms with Crippen LogP contribution in [0.3, 0.4) is 0 Å². The first-order valence-corrected chi connectivity index (χ1v) is 7.24. The van der Waals surface area contributed by atoms with Gasteiger partial charge >= 0.3 is 0 Å². The number of hydrogen-bond acceptors (Lipinski definition) is 2. The number of likely N-dealkylation sites (tertiary alicyclic amines) is 2. The summed E-state index contributed by atoms with van der Waals surface area (Å²) in [6, 6.07) is 10.7. The Morgan fingerprint density at radius 2 is 2.00 bits per heavy atom. The standard InChI is InChI=1S/C16H22N2O/c1-14(19)17-11-9-16(13-17)8-5-10-18(16)12-15-6-3-2-4-7-15/h2-4,6-7H,5,8-13H2,1H3. The molecule has 0 saturated carbocycles. The van der Waals surface area contributed by atoms with E-state index in [4.69, 9.17) is 0 Å². The SMILES string of the molecule is CC(=O)N1CCC2(CCCN2Cc2ccccc2)C1. The van der Waals surface area contributed by atoms with Gasteiger partial charge in [0.15, 0.2) is 0 Å². The predicted octanol–water partition coefficient (Wildman–Crippen LogP) is 2.27. The Balaban J connectivity index is 1.73. The summed E-state index contributed by atoms with van der Waals surface area (Å²) in [6.07, 6.45) is 3.64. The van der Waals surface area contributed by atoms with E-state index >= 15 is 0 Å². The highest BCUT2D eigenvalue weighted by atomic mass is 16.2. The van der Waals surface area contributed by atoms with Crippen LogP contribution in [0.4, 0.5) is 0 Å². The van der Waals surface area contributed by atoms with Gasteiger partial charge in [0.2, 0.25) is 5.91 Å². The van der Waals surface area contributed by atoms with Crippen molar-refractivity contribution in [3.8, 4) is 0 Å². The molecule has 2 aliphatic heterocycles. The van der Waals surface area contributed by atoms with Gasteiger partial charge in [-0.25, -0.2) is 0 Å². The smallest absolute Gasteiger partial charge is 0.219 e. The van der Waals surface area contributed by atoms with E-state index in [1.807, 2.05) is 4.90 Å². The normalized spacial score (nSPS) is 27.3. The minimum absolute atomic E-state index is 0.225. The van der Waals surface area contributed by atoms with E-state index in [0.717, 1.165) is 26.1 Å². The van der Waals surface area contributed by atoms with Crippen molar-refractivity contribution in [3.63, 3.8) is 0 Å². The molecule has 102 valence electrons. The van der Waals surface area contributed by atoms with Crippen molar-refractivity contribution in [3.05, 3.63) is 35.9 Å². The summed E-state index contributed by atoms with van der Waals surface area (Å²) in [7, 11) is 0. The zero-order chi connectivity index (χ0) is 13.3. The number of benzene rings is 1. The number of carbonyl (C=O) groups excluding carboxylic acids is 1. The van der Waals surface area contributed by atoms with Crippen molar-refractivity contribution < 1.29 is 4.79 Å². The van der Waals surface area contributed by atoms with Crippen molar-refractivity contribution in [1.29, 1.82) is 0 Å². The average Bonchev–Trinajstić information content (AvgIpc) is 3.00. The van der Waals surface area contributed by atoms with Crippen molar-refractivity contribution in [2.75, 3.05) is 19.6 Å². The number of amides is 1. The third-order valence-corrected chi connectivity index (χ3v) is 4.73. The second kappa shape index (κ2) is 4.97. The molecule has 1 amide bonds. The summed E-state index contributed by atoms with van der Waals surface area (Å²) in [6.45, 7) is 5.73. The van der Waals surface area contributed by atoms with Crippen LogP contribution in [-0.4, -0.2) is 40.9 Å². The number of nitrogens with zero attached hydrogens (tertiary/aromatic N) is 2. The van der Waals surface area contributed by atoms with Crippen LogP contribution in [0.25, 0.3) is 0 Å². The maximum Gasteiger partial charge on any atom is 0.219 e. The van der Waals surface area contributed by atoms with Gasteiger partial charge < -0.3 is 4.90 Å². The highest BCUT2D eigenvalue weighted by Crippen LogP contribution is 2.38. The van der Waals surface area contributed by atoms with E-state index in [2.05, 4.69) is 35.2 Å². The molecule has 2 fully saturated rings. The lowest BCUT2D eigenvalue weighted by atomic mass is 9.95. The molecule has 1 aromatic rings. The van der Waals surface area contributed by atoms with Gasteiger partial charge in [0.1, 0.15) is 0 Å². The van der Waals surface area contributed by atoms with Crippen molar-refractivity contribution in [1.82, 2.24) is 9.80 Å². The van der Waals surface area contributed by atoms with Gasteiger partial charge in [-0.2, -0.15) is 0 Å². The third kappa shape index (κ3) is 2.39. The van der Waals surface area contributed by atoms with Crippen LogP contribution in [0.1, 0.15) is 31.7 Å². The van der Waals surface area contributed by atoms with Crippen LogP contribution >= 0.6 is 0 Å². The minimum atomic E-state index is 0.225.